The van der Waals surface area contributed by atoms with Crippen LogP contribution < -0.4 is 5.32 Å². The van der Waals surface area contributed by atoms with Crippen molar-refractivity contribution in [3.63, 3.8) is 0 Å². The van der Waals surface area contributed by atoms with E-state index in [-0.39, 0.29) is 19.1 Å². The molecule has 0 aromatic carbocycles. The third kappa shape index (κ3) is 70.4. The molecule has 0 saturated heterocycles. The minimum absolute atomic E-state index is 0.0507. The lowest BCUT2D eigenvalue weighted by Gasteiger charge is -2.25. The number of nitrogens with zero attached hydrogens (tertiary/aromatic N) is 1. The Labute approximate surface area is 545 Å². The molecule has 0 rings (SSSR count). The first-order valence-electron chi connectivity index (χ1n) is 36.9. The molecule has 0 spiro atoms. The van der Waals surface area contributed by atoms with Crippen LogP contribution >= 0.6 is 7.82 Å². The molecular weight excluding hydrogens is 1100 g/mol. The summed E-state index contributed by atoms with van der Waals surface area (Å²) in [6.07, 6.45) is 102. The van der Waals surface area contributed by atoms with Crippen LogP contribution in [0.1, 0.15) is 322 Å². The number of unbranched alkanes of at least 4 members (excludes halogenated alkanes) is 36. The Kier molecular flexibility index (Phi) is 65.9. The van der Waals surface area contributed by atoms with Crippen molar-refractivity contribution in [3.8, 4) is 0 Å². The van der Waals surface area contributed by atoms with Crippen molar-refractivity contribution in [3.05, 3.63) is 122 Å². The smallest absolute Gasteiger partial charge is 0.387 e. The summed E-state index contributed by atoms with van der Waals surface area (Å²) in [5.41, 5.74) is 0. The summed E-state index contributed by atoms with van der Waals surface area (Å²) in [7, 11) is 1.55. The first-order valence-corrected chi connectivity index (χ1v) is 38.4. The van der Waals surface area contributed by atoms with E-state index in [1.165, 1.54) is 212 Å². The fourth-order valence-corrected chi connectivity index (χ4v) is 11.2. The van der Waals surface area contributed by atoms with Crippen LogP contribution in [0.5, 0.6) is 0 Å². The van der Waals surface area contributed by atoms with E-state index in [0.29, 0.717) is 17.4 Å². The Hall–Kier alpha value is -3.10. The van der Waals surface area contributed by atoms with Crippen molar-refractivity contribution in [1.29, 1.82) is 0 Å². The van der Waals surface area contributed by atoms with Crippen molar-refractivity contribution < 1.29 is 32.9 Å². The molecule has 0 bridgehead atoms. The van der Waals surface area contributed by atoms with E-state index in [4.69, 9.17) is 9.05 Å². The molecule has 88 heavy (non-hydrogen) atoms. The van der Waals surface area contributed by atoms with Gasteiger partial charge in [-0.25, -0.2) is 4.57 Å². The third-order valence-corrected chi connectivity index (χ3v) is 17.1. The summed E-state index contributed by atoms with van der Waals surface area (Å²) in [4.78, 5) is 23.4. The predicted molar refractivity (Wildman–Crippen MR) is 387 cm³/mol. The van der Waals surface area contributed by atoms with Crippen molar-refractivity contribution in [2.75, 3.05) is 40.9 Å². The van der Waals surface area contributed by atoms with Gasteiger partial charge in [-0.2, -0.15) is 0 Å². The van der Waals surface area contributed by atoms with Gasteiger partial charge < -0.3 is 19.8 Å². The van der Waals surface area contributed by atoms with E-state index in [1.54, 1.807) is 6.08 Å². The van der Waals surface area contributed by atoms with Gasteiger partial charge >= 0.3 is 7.82 Å². The number of quaternary nitrogens is 1. The van der Waals surface area contributed by atoms with Gasteiger partial charge in [0.1, 0.15) is 13.2 Å². The standard InChI is InChI=1S/C79H141N2O6P/c1-6-8-10-12-14-16-18-20-22-24-26-28-30-32-33-34-35-36-37-38-39-40-41-42-43-44-45-46-47-49-51-53-55-57-59-61-63-65-67-69-71-73-79(83)80-77(76-87-88(84,85)86-75-74-81(3,4)5)78(82)72-70-68-66-64-62-60-58-56-54-52-50-48-31-29-27-25-23-21-19-17-15-13-11-9-7-2/h8,10,14,16,20,22,26,28,32-33,35-36,38-39,54,56,62,64,70,72,77-78,82H,6-7,9,11-13,15,17-19,21,23-25,27,29-31,34,37,40-53,55,57-61,63,65-69,71,73-76H2,1-5H3,(H-,80,83,84,85)/p+1/b10-8-,16-14-,22-20-,28-26-,33-32-,36-35-,39-38-,56-54+,64-62+,72-70+. The second kappa shape index (κ2) is 68.3. The summed E-state index contributed by atoms with van der Waals surface area (Å²) < 4.78 is 23.8. The quantitative estimate of drug-likeness (QED) is 0.0243. The van der Waals surface area contributed by atoms with Crippen LogP contribution in [0.25, 0.3) is 0 Å². The number of hydrogen-bond donors (Lipinski definition) is 3. The van der Waals surface area contributed by atoms with Crippen molar-refractivity contribution >= 4 is 13.7 Å². The number of amides is 1. The van der Waals surface area contributed by atoms with Gasteiger partial charge in [0.15, 0.2) is 0 Å². The fraction of sp³-hybridized carbons (Fsp3) is 0.734. The molecule has 0 aromatic heterocycles. The van der Waals surface area contributed by atoms with Gasteiger partial charge in [-0.15, -0.1) is 0 Å². The van der Waals surface area contributed by atoms with Gasteiger partial charge in [-0.05, 0) is 103 Å². The number of aliphatic hydroxyl groups is 1. The molecule has 3 atom stereocenters. The lowest BCUT2D eigenvalue weighted by molar-refractivity contribution is -0.870. The number of hydrogen-bond acceptors (Lipinski definition) is 5. The predicted octanol–water partition coefficient (Wildman–Crippen LogP) is 24.0. The van der Waals surface area contributed by atoms with E-state index in [0.717, 1.165) is 89.9 Å². The maximum absolute atomic E-state index is 13.1. The Bertz CT molecular complexity index is 1850. The summed E-state index contributed by atoms with van der Waals surface area (Å²) in [5.74, 6) is -0.189. The Morgan fingerprint density at radius 3 is 1.05 bits per heavy atom. The highest BCUT2D eigenvalue weighted by atomic mass is 31.2. The minimum atomic E-state index is -4.37. The number of allylic oxidation sites excluding steroid dienone is 19. The maximum Gasteiger partial charge on any atom is 0.472 e. The molecule has 1 amide bonds. The monoisotopic (exact) mass is 1250 g/mol. The van der Waals surface area contributed by atoms with Gasteiger partial charge in [0.05, 0.1) is 39.9 Å². The zero-order chi connectivity index (χ0) is 64.1. The average Bonchev–Trinajstić information content (AvgIpc) is 3.71. The van der Waals surface area contributed by atoms with Crippen molar-refractivity contribution in [2.45, 2.75) is 334 Å². The molecule has 9 heteroatoms. The van der Waals surface area contributed by atoms with Gasteiger partial charge in [0, 0.05) is 6.42 Å². The molecule has 3 N–H and O–H groups in total. The molecule has 0 fully saturated rings. The summed E-state index contributed by atoms with van der Waals surface area (Å²) >= 11 is 0. The summed E-state index contributed by atoms with van der Waals surface area (Å²) in [5, 5.41) is 14.0. The largest absolute Gasteiger partial charge is 0.472 e. The Morgan fingerprint density at radius 2 is 0.693 bits per heavy atom. The third-order valence-electron chi connectivity index (χ3n) is 16.1. The lowest BCUT2D eigenvalue weighted by atomic mass is 10.0. The molecule has 0 aliphatic heterocycles. The zero-order valence-corrected chi connectivity index (χ0v) is 59.1. The molecule has 0 aliphatic carbocycles. The number of likely N-dealkylation sites (N-methyl/N-ethyl adjacent to an activating group) is 1. The molecule has 3 unspecified atom stereocenters. The van der Waals surface area contributed by atoms with Crippen LogP contribution in [-0.2, 0) is 18.4 Å². The van der Waals surface area contributed by atoms with E-state index in [1.807, 2.05) is 27.2 Å². The minimum Gasteiger partial charge on any atom is -0.387 e. The number of rotatable bonds is 67. The molecule has 8 nitrogen and oxygen atoms in total. The molecule has 508 valence electrons. The van der Waals surface area contributed by atoms with Gasteiger partial charge in [-0.1, -0.05) is 334 Å². The first-order chi connectivity index (χ1) is 43.0. The molecule has 0 heterocycles. The number of aliphatic hydroxyl groups excluding tert-OH is 1. The Morgan fingerprint density at radius 1 is 0.398 bits per heavy atom. The van der Waals surface area contributed by atoms with E-state index < -0.39 is 20.0 Å². The van der Waals surface area contributed by atoms with Crippen molar-refractivity contribution in [2.24, 2.45) is 0 Å². The van der Waals surface area contributed by atoms with Crippen LogP contribution in [0.4, 0.5) is 0 Å². The normalized spacial score (nSPS) is 14.3. The number of carbonyl (C=O) groups excluding carboxylic acids is 1. The second-order valence-electron chi connectivity index (χ2n) is 25.9. The van der Waals surface area contributed by atoms with Gasteiger partial charge in [0.2, 0.25) is 5.91 Å². The molecular formula is C79H142N2O6P+. The van der Waals surface area contributed by atoms with E-state index in [2.05, 4.69) is 129 Å². The highest BCUT2D eigenvalue weighted by molar-refractivity contribution is 7.47. The fourth-order valence-electron chi connectivity index (χ4n) is 10.5. The molecule has 0 aliphatic rings. The van der Waals surface area contributed by atoms with Crippen LogP contribution in [0.2, 0.25) is 0 Å². The number of phosphoric acid groups is 1. The van der Waals surface area contributed by atoms with E-state index >= 15 is 0 Å². The molecule has 0 aromatic rings. The van der Waals surface area contributed by atoms with Crippen LogP contribution in [-0.4, -0.2) is 73.4 Å². The number of nitrogens with one attached hydrogen (secondary N) is 1. The maximum atomic E-state index is 13.1. The first kappa shape index (κ1) is 84.9. The topological polar surface area (TPSA) is 105 Å². The Balaban J connectivity index is 4.05. The van der Waals surface area contributed by atoms with Crippen LogP contribution in [0, 0.1) is 0 Å². The lowest BCUT2D eigenvalue weighted by Crippen LogP contribution is -2.45. The number of phosphoric ester groups is 1. The second-order valence-corrected chi connectivity index (χ2v) is 27.4. The summed E-state index contributed by atoms with van der Waals surface area (Å²) in [6.45, 7) is 4.70. The zero-order valence-electron chi connectivity index (χ0n) is 58.2. The summed E-state index contributed by atoms with van der Waals surface area (Å²) in [6, 6.07) is -0.876. The van der Waals surface area contributed by atoms with Gasteiger partial charge in [0.25, 0.3) is 0 Å². The number of carbonyl (C=O) groups is 1. The van der Waals surface area contributed by atoms with Crippen LogP contribution in [0.3, 0.4) is 0 Å². The highest BCUT2D eigenvalue weighted by Crippen LogP contribution is 2.43. The molecule has 0 saturated carbocycles. The van der Waals surface area contributed by atoms with Crippen molar-refractivity contribution in [1.82, 2.24) is 5.32 Å². The van der Waals surface area contributed by atoms with E-state index in [9.17, 15) is 19.4 Å². The SMILES string of the molecule is CC/C=C\C/C=C\C/C=C\C/C=C\C/C=C\C/C=C\C/C=C\CCCCCCCCCCCCCCCCCCCCCC(=O)NC(COP(=O)(O)OCC[N+](C)(C)C)C(O)/C=C/CC/C=C/CC/C=C/CCCCCCCCCCCCCCCCC. The van der Waals surface area contributed by atoms with Gasteiger partial charge in [-0.3, -0.25) is 13.8 Å². The highest BCUT2D eigenvalue weighted by Gasteiger charge is 2.28. The average molecular weight is 1250 g/mol. The van der Waals surface area contributed by atoms with Crippen LogP contribution in [0.15, 0.2) is 122 Å². The molecule has 0 radical (unpaired) electrons.